The van der Waals surface area contributed by atoms with Gasteiger partial charge in [-0.3, -0.25) is 4.79 Å². The minimum absolute atomic E-state index is 0.00779. The lowest BCUT2D eigenvalue weighted by molar-refractivity contribution is -0.121. The Bertz CT molecular complexity index is 626. The fraction of sp³-hybridized carbons (Fsp3) is 0.278. The second-order valence-electron chi connectivity index (χ2n) is 5.07. The molecule has 0 aliphatic rings. The first-order valence-electron chi connectivity index (χ1n) is 7.56. The monoisotopic (exact) mass is 314 g/mol. The summed E-state index contributed by atoms with van der Waals surface area (Å²) in [5.41, 5.74) is 7.58. The highest BCUT2D eigenvalue weighted by Gasteiger charge is 2.04. The summed E-state index contributed by atoms with van der Waals surface area (Å²) in [6.45, 7) is 0.890. The Balaban J connectivity index is 1.63. The summed E-state index contributed by atoms with van der Waals surface area (Å²) in [6, 6.07) is 14.9. The summed E-state index contributed by atoms with van der Waals surface area (Å²) >= 11 is 0. The maximum absolute atomic E-state index is 11.8. The molecule has 122 valence electrons. The first-order chi connectivity index (χ1) is 11.2. The quantitative estimate of drug-likeness (QED) is 0.580. The van der Waals surface area contributed by atoms with Gasteiger partial charge in [0.05, 0.1) is 13.7 Å². The van der Waals surface area contributed by atoms with Crippen molar-refractivity contribution in [2.45, 2.75) is 12.8 Å². The van der Waals surface area contributed by atoms with E-state index in [4.69, 9.17) is 15.2 Å². The third-order valence-electron chi connectivity index (χ3n) is 3.43. The average Bonchev–Trinajstić information content (AvgIpc) is 2.58. The van der Waals surface area contributed by atoms with Gasteiger partial charge in [-0.2, -0.15) is 0 Å². The molecule has 23 heavy (non-hydrogen) atoms. The molecule has 2 aromatic rings. The molecule has 0 radical (unpaired) electrons. The highest BCUT2D eigenvalue weighted by molar-refractivity contribution is 5.76. The standard InChI is InChI=1S/C18H22N2O3/c1-22-15-7-9-16(10-8-15)23-13-12-20-18(21)11-6-14-4-2-3-5-17(14)19/h2-5,7-10H,6,11-13,19H2,1H3,(H,20,21). The van der Waals surface area contributed by atoms with Crippen molar-refractivity contribution in [2.24, 2.45) is 0 Å². The van der Waals surface area contributed by atoms with E-state index in [0.717, 1.165) is 22.7 Å². The molecular formula is C18H22N2O3. The molecule has 0 spiro atoms. The van der Waals surface area contributed by atoms with Gasteiger partial charge in [0.25, 0.3) is 0 Å². The van der Waals surface area contributed by atoms with Gasteiger partial charge in [0.1, 0.15) is 18.1 Å². The van der Waals surface area contributed by atoms with Crippen molar-refractivity contribution in [3.8, 4) is 11.5 Å². The number of amides is 1. The van der Waals surface area contributed by atoms with Crippen LogP contribution in [0, 0.1) is 0 Å². The molecule has 3 N–H and O–H groups in total. The topological polar surface area (TPSA) is 73.6 Å². The Morgan fingerprint density at radius 2 is 1.78 bits per heavy atom. The molecule has 5 nitrogen and oxygen atoms in total. The molecule has 2 rings (SSSR count). The molecule has 0 aromatic heterocycles. The number of nitrogen functional groups attached to an aromatic ring is 1. The van der Waals surface area contributed by atoms with Crippen molar-refractivity contribution in [1.82, 2.24) is 5.32 Å². The number of benzene rings is 2. The lowest BCUT2D eigenvalue weighted by atomic mass is 10.1. The van der Waals surface area contributed by atoms with Crippen LogP contribution in [0.2, 0.25) is 0 Å². The van der Waals surface area contributed by atoms with Gasteiger partial charge in [-0.05, 0) is 42.3 Å². The number of hydrogen-bond donors (Lipinski definition) is 2. The summed E-state index contributed by atoms with van der Waals surface area (Å²) in [5, 5.41) is 2.84. The van der Waals surface area contributed by atoms with Gasteiger partial charge in [-0.25, -0.2) is 0 Å². The van der Waals surface area contributed by atoms with Crippen molar-refractivity contribution < 1.29 is 14.3 Å². The molecule has 5 heteroatoms. The number of methoxy groups -OCH3 is 1. The van der Waals surface area contributed by atoms with Crippen molar-refractivity contribution in [1.29, 1.82) is 0 Å². The predicted molar refractivity (Wildman–Crippen MR) is 90.7 cm³/mol. The van der Waals surface area contributed by atoms with E-state index in [1.165, 1.54) is 0 Å². The third-order valence-corrected chi connectivity index (χ3v) is 3.43. The van der Waals surface area contributed by atoms with Gasteiger partial charge < -0.3 is 20.5 Å². The molecule has 0 heterocycles. The van der Waals surface area contributed by atoms with Crippen molar-refractivity contribution >= 4 is 11.6 Å². The molecule has 1 amide bonds. The van der Waals surface area contributed by atoms with Gasteiger partial charge in [0.15, 0.2) is 0 Å². The maximum Gasteiger partial charge on any atom is 0.220 e. The zero-order chi connectivity index (χ0) is 16.5. The normalized spacial score (nSPS) is 10.1. The molecule has 0 saturated heterocycles. The minimum atomic E-state index is -0.00779. The first kappa shape index (κ1) is 16.7. The van der Waals surface area contributed by atoms with Gasteiger partial charge in [-0.15, -0.1) is 0 Å². The maximum atomic E-state index is 11.8. The number of nitrogens with two attached hydrogens (primary N) is 1. The lowest BCUT2D eigenvalue weighted by Gasteiger charge is -2.09. The number of nitrogens with one attached hydrogen (secondary N) is 1. The molecule has 0 bridgehead atoms. The second kappa shape index (κ2) is 8.68. The number of rotatable bonds is 8. The van der Waals surface area contributed by atoms with E-state index in [9.17, 15) is 4.79 Å². The Labute approximate surface area is 136 Å². The molecule has 0 saturated carbocycles. The van der Waals surface area contributed by atoms with E-state index in [1.807, 2.05) is 48.5 Å². The molecular weight excluding hydrogens is 292 g/mol. The van der Waals surface area contributed by atoms with Crippen LogP contribution >= 0.6 is 0 Å². The fourth-order valence-corrected chi connectivity index (χ4v) is 2.13. The SMILES string of the molecule is COc1ccc(OCCNC(=O)CCc2ccccc2N)cc1. The van der Waals surface area contributed by atoms with Crippen molar-refractivity contribution in [2.75, 3.05) is 26.0 Å². The summed E-state index contributed by atoms with van der Waals surface area (Å²) in [4.78, 5) is 11.8. The van der Waals surface area contributed by atoms with E-state index < -0.39 is 0 Å². The van der Waals surface area contributed by atoms with E-state index in [2.05, 4.69) is 5.32 Å². The largest absolute Gasteiger partial charge is 0.497 e. The molecule has 0 aliphatic carbocycles. The highest BCUT2D eigenvalue weighted by Crippen LogP contribution is 2.16. The van der Waals surface area contributed by atoms with Gasteiger partial charge in [0, 0.05) is 12.1 Å². The smallest absolute Gasteiger partial charge is 0.220 e. The van der Waals surface area contributed by atoms with Crippen LogP contribution < -0.4 is 20.5 Å². The van der Waals surface area contributed by atoms with E-state index in [1.54, 1.807) is 7.11 Å². The Kier molecular flexibility index (Phi) is 6.29. The van der Waals surface area contributed by atoms with Crippen LogP contribution in [0.1, 0.15) is 12.0 Å². The number of aryl methyl sites for hydroxylation is 1. The average molecular weight is 314 g/mol. The fourth-order valence-electron chi connectivity index (χ4n) is 2.13. The Morgan fingerprint density at radius 1 is 1.09 bits per heavy atom. The van der Waals surface area contributed by atoms with E-state index >= 15 is 0 Å². The minimum Gasteiger partial charge on any atom is -0.497 e. The first-order valence-corrected chi connectivity index (χ1v) is 7.56. The van der Waals surface area contributed by atoms with Gasteiger partial charge >= 0.3 is 0 Å². The zero-order valence-corrected chi connectivity index (χ0v) is 13.2. The van der Waals surface area contributed by atoms with Crippen LogP contribution in [-0.2, 0) is 11.2 Å². The van der Waals surface area contributed by atoms with E-state index in [0.29, 0.717) is 26.0 Å². The van der Waals surface area contributed by atoms with Crippen LogP contribution in [0.4, 0.5) is 5.69 Å². The summed E-state index contributed by atoms with van der Waals surface area (Å²) < 4.78 is 10.6. The molecule has 0 atom stereocenters. The van der Waals surface area contributed by atoms with Crippen LogP contribution in [-0.4, -0.2) is 26.2 Å². The third kappa shape index (κ3) is 5.54. The predicted octanol–water partition coefficient (Wildman–Crippen LogP) is 2.41. The Morgan fingerprint density at radius 3 is 2.48 bits per heavy atom. The molecule has 0 unspecified atom stereocenters. The second-order valence-corrected chi connectivity index (χ2v) is 5.07. The summed E-state index contributed by atoms with van der Waals surface area (Å²) in [6.07, 6.45) is 1.05. The van der Waals surface area contributed by atoms with Crippen molar-refractivity contribution in [3.05, 3.63) is 54.1 Å². The van der Waals surface area contributed by atoms with Crippen LogP contribution in [0.15, 0.2) is 48.5 Å². The van der Waals surface area contributed by atoms with Gasteiger partial charge in [0.2, 0.25) is 5.91 Å². The highest BCUT2D eigenvalue weighted by atomic mass is 16.5. The van der Waals surface area contributed by atoms with Gasteiger partial charge in [-0.1, -0.05) is 18.2 Å². The summed E-state index contributed by atoms with van der Waals surface area (Å²) in [5.74, 6) is 1.52. The number of ether oxygens (including phenoxy) is 2. The number of anilines is 1. The summed E-state index contributed by atoms with van der Waals surface area (Å²) in [7, 11) is 1.62. The lowest BCUT2D eigenvalue weighted by Crippen LogP contribution is -2.28. The molecule has 0 fully saturated rings. The van der Waals surface area contributed by atoms with Crippen molar-refractivity contribution in [3.63, 3.8) is 0 Å². The van der Waals surface area contributed by atoms with E-state index in [-0.39, 0.29) is 5.91 Å². The molecule has 2 aromatic carbocycles. The number of hydrogen-bond acceptors (Lipinski definition) is 4. The van der Waals surface area contributed by atoms with Crippen LogP contribution in [0.5, 0.6) is 11.5 Å². The van der Waals surface area contributed by atoms with Crippen LogP contribution in [0.3, 0.4) is 0 Å². The number of para-hydroxylation sites is 1. The van der Waals surface area contributed by atoms with Crippen LogP contribution in [0.25, 0.3) is 0 Å². The Hall–Kier alpha value is -2.69. The molecule has 0 aliphatic heterocycles. The number of carbonyl (C=O) groups is 1. The number of carbonyl (C=O) groups excluding carboxylic acids is 1. The zero-order valence-electron chi connectivity index (χ0n) is 13.2.